The van der Waals surface area contributed by atoms with Gasteiger partial charge in [-0.2, -0.15) is 0 Å². The van der Waals surface area contributed by atoms with Crippen molar-refractivity contribution in [1.82, 2.24) is 9.97 Å². The highest BCUT2D eigenvalue weighted by Gasteiger charge is 2.46. The summed E-state index contributed by atoms with van der Waals surface area (Å²) in [6, 6.07) is 3.84. The van der Waals surface area contributed by atoms with Gasteiger partial charge in [0.05, 0.1) is 22.5 Å². The van der Waals surface area contributed by atoms with Gasteiger partial charge in [-0.15, -0.1) is 0 Å². The number of rotatable bonds is 4. The molecule has 2 aromatic heterocycles. The first-order valence-corrected chi connectivity index (χ1v) is 11.9. The normalized spacial score (nSPS) is 22.5. The van der Waals surface area contributed by atoms with Crippen molar-refractivity contribution in [2.45, 2.75) is 65.2 Å². The molecule has 0 radical (unpaired) electrons. The van der Waals surface area contributed by atoms with Crippen molar-refractivity contribution >= 4 is 22.9 Å². The van der Waals surface area contributed by atoms with E-state index in [2.05, 4.69) is 43.0 Å². The van der Waals surface area contributed by atoms with Crippen LogP contribution in [0.1, 0.15) is 65.5 Å². The van der Waals surface area contributed by atoms with E-state index < -0.39 is 5.41 Å². The topological polar surface area (TPSA) is 87.5 Å². The van der Waals surface area contributed by atoms with E-state index in [9.17, 15) is 9.90 Å². The van der Waals surface area contributed by atoms with Gasteiger partial charge in [-0.1, -0.05) is 41.5 Å². The number of nitrogens with one attached hydrogen (secondary N) is 1. The molecule has 0 saturated carbocycles. The first kappa shape index (κ1) is 22.3. The summed E-state index contributed by atoms with van der Waals surface area (Å²) in [5.41, 5.74) is 7.48. The number of Topliss-reactive ketones (excluding diaryl/α,β-unsaturated/α-hetero) is 1. The second kappa shape index (κ2) is 7.49. The van der Waals surface area contributed by atoms with E-state index in [4.69, 9.17) is 4.99 Å². The highest BCUT2D eigenvalue weighted by atomic mass is 16.3. The molecular formula is C28H30N4O2. The number of aliphatic hydroxyl groups is 1. The number of hydrogen-bond donors (Lipinski definition) is 2. The monoisotopic (exact) mass is 454 g/mol. The van der Waals surface area contributed by atoms with Crippen LogP contribution in [0, 0.1) is 0 Å². The van der Waals surface area contributed by atoms with Gasteiger partial charge in [0.2, 0.25) is 5.78 Å². The third-order valence-electron chi connectivity index (χ3n) is 7.50. The van der Waals surface area contributed by atoms with Crippen molar-refractivity contribution in [3.05, 3.63) is 81.8 Å². The van der Waals surface area contributed by atoms with E-state index in [0.717, 1.165) is 45.1 Å². The number of carbonyl (C=O) groups is 1. The van der Waals surface area contributed by atoms with E-state index in [1.165, 1.54) is 0 Å². The summed E-state index contributed by atoms with van der Waals surface area (Å²) < 4.78 is 0. The smallest absolute Gasteiger partial charge is 0.201 e. The number of ketones is 1. The van der Waals surface area contributed by atoms with E-state index in [1.54, 1.807) is 12.4 Å². The summed E-state index contributed by atoms with van der Waals surface area (Å²) >= 11 is 0. The molecule has 174 valence electrons. The van der Waals surface area contributed by atoms with E-state index in [-0.39, 0.29) is 17.0 Å². The molecule has 5 rings (SSSR count). The molecule has 0 bridgehead atoms. The van der Waals surface area contributed by atoms with Crippen LogP contribution in [-0.4, -0.2) is 26.6 Å². The average Bonchev–Trinajstić information content (AvgIpc) is 3.25. The fraction of sp³-hybridized carbons (Fsp3) is 0.357. The van der Waals surface area contributed by atoms with Crippen molar-refractivity contribution in [3.8, 4) is 0 Å². The Morgan fingerprint density at radius 1 is 0.941 bits per heavy atom. The van der Waals surface area contributed by atoms with Gasteiger partial charge in [0.25, 0.3) is 0 Å². The zero-order chi connectivity index (χ0) is 24.4. The van der Waals surface area contributed by atoms with Gasteiger partial charge in [-0.3, -0.25) is 19.8 Å². The molecule has 1 aliphatic carbocycles. The van der Waals surface area contributed by atoms with Gasteiger partial charge in [0.15, 0.2) is 0 Å². The molecule has 4 heterocycles. The minimum Gasteiger partial charge on any atom is -0.506 e. The molecule has 0 fully saturated rings. The molecule has 2 aromatic rings. The third-order valence-corrected chi connectivity index (χ3v) is 7.50. The molecule has 0 amide bonds. The standard InChI is InChI=1S/C28H30N4O2/c1-7-15(25-27(3,4)17-13-29-11-9-19(17)31-25)21-23(33)22(24(21)34)16(8-2)26-28(5,6)18-14-30-12-10-20(18)32-26/h9-14,31,33H,7-8H2,1-6H3/b22-16-,25-15+. The first-order valence-electron chi connectivity index (χ1n) is 11.9. The Labute approximate surface area is 200 Å². The number of pyridine rings is 2. The molecule has 3 aliphatic rings. The SMILES string of the molecule is CC/C(C1=Nc2ccncc2C1(C)C)=C1/C(=O)C(C(/CC)=C2/Nc3ccncc3C2(C)C)=C1O. The van der Waals surface area contributed by atoms with E-state index >= 15 is 0 Å². The number of carbonyl (C=O) groups excluding carboxylic acids is 1. The van der Waals surface area contributed by atoms with Crippen molar-refractivity contribution in [1.29, 1.82) is 0 Å². The molecule has 6 heteroatoms. The Kier molecular flexibility index (Phi) is 4.90. The van der Waals surface area contributed by atoms with Crippen LogP contribution < -0.4 is 5.32 Å². The molecule has 0 unspecified atom stereocenters. The minimum atomic E-state index is -0.395. The summed E-state index contributed by atoms with van der Waals surface area (Å²) in [6.45, 7) is 12.4. The number of nitrogens with zero attached hydrogens (tertiary/aromatic N) is 3. The molecule has 0 atom stereocenters. The summed E-state index contributed by atoms with van der Waals surface area (Å²) in [5, 5.41) is 14.8. The third kappa shape index (κ3) is 2.87. The molecule has 0 spiro atoms. The van der Waals surface area contributed by atoms with Gasteiger partial charge in [-0.25, -0.2) is 0 Å². The van der Waals surface area contributed by atoms with Crippen molar-refractivity contribution in [2.24, 2.45) is 4.99 Å². The lowest BCUT2D eigenvalue weighted by atomic mass is 9.71. The highest BCUT2D eigenvalue weighted by molar-refractivity contribution is 6.27. The quantitative estimate of drug-likeness (QED) is 0.553. The largest absolute Gasteiger partial charge is 0.506 e. The Morgan fingerprint density at radius 2 is 1.59 bits per heavy atom. The number of aliphatic hydroxyl groups excluding tert-OH is 1. The number of allylic oxidation sites excluding steroid dienone is 5. The molecule has 2 N–H and O–H groups in total. The summed E-state index contributed by atoms with van der Waals surface area (Å²) in [7, 11) is 0. The zero-order valence-corrected chi connectivity index (χ0v) is 20.6. The van der Waals surface area contributed by atoms with Crippen LogP contribution in [0.5, 0.6) is 0 Å². The predicted molar refractivity (Wildman–Crippen MR) is 135 cm³/mol. The van der Waals surface area contributed by atoms with Crippen LogP contribution >= 0.6 is 0 Å². The Bertz CT molecular complexity index is 1370. The van der Waals surface area contributed by atoms with Gasteiger partial charge in [-0.05, 0) is 36.1 Å². The molecule has 6 nitrogen and oxygen atoms in total. The maximum absolute atomic E-state index is 13.6. The van der Waals surface area contributed by atoms with Crippen LogP contribution in [0.3, 0.4) is 0 Å². The molecule has 0 aromatic carbocycles. The molecule has 34 heavy (non-hydrogen) atoms. The molecule has 2 aliphatic heterocycles. The Balaban J connectivity index is 1.64. The number of aromatic nitrogens is 2. The summed E-state index contributed by atoms with van der Waals surface area (Å²) in [6.07, 6.45) is 8.42. The maximum atomic E-state index is 13.6. The van der Waals surface area contributed by atoms with E-state index in [0.29, 0.717) is 24.0 Å². The van der Waals surface area contributed by atoms with Crippen LogP contribution in [0.25, 0.3) is 0 Å². The van der Waals surface area contributed by atoms with Gasteiger partial charge in [0.1, 0.15) is 5.76 Å². The second-order valence-corrected chi connectivity index (χ2v) is 10.1. The van der Waals surface area contributed by atoms with Crippen molar-refractivity contribution in [3.63, 3.8) is 0 Å². The predicted octanol–water partition coefficient (Wildman–Crippen LogP) is 6.01. The van der Waals surface area contributed by atoms with Gasteiger partial charge >= 0.3 is 0 Å². The minimum absolute atomic E-state index is 0.0745. The fourth-order valence-corrected chi connectivity index (χ4v) is 5.58. The summed E-state index contributed by atoms with van der Waals surface area (Å²) in [5.74, 6) is -0.0385. The van der Waals surface area contributed by atoms with Crippen molar-refractivity contribution in [2.75, 3.05) is 5.32 Å². The van der Waals surface area contributed by atoms with Gasteiger partial charge < -0.3 is 10.4 Å². The molecule has 0 saturated heterocycles. The Hall–Kier alpha value is -3.54. The average molecular weight is 455 g/mol. The zero-order valence-electron chi connectivity index (χ0n) is 20.6. The van der Waals surface area contributed by atoms with E-state index in [1.807, 2.05) is 38.4 Å². The van der Waals surface area contributed by atoms with Crippen molar-refractivity contribution < 1.29 is 9.90 Å². The van der Waals surface area contributed by atoms with Gasteiger partial charge in [0, 0.05) is 58.1 Å². The fourth-order valence-electron chi connectivity index (χ4n) is 5.58. The maximum Gasteiger partial charge on any atom is 0.201 e. The number of fused-ring (bicyclic) bond motifs is 2. The second-order valence-electron chi connectivity index (χ2n) is 10.1. The lowest BCUT2D eigenvalue weighted by Gasteiger charge is -2.31. The van der Waals surface area contributed by atoms with Crippen LogP contribution in [0.4, 0.5) is 11.4 Å². The van der Waals surface area contributed by atoms with Crippen LogP contribution in [-0.2, 0) is 15.6 Å². The lowest BCUT2D eigenvalue weighted by molar-refractivity contribution is -0.113. The lowest BCUT2D eigenvalue weighted by Crippen LogP contribution is -2.33. The number of aliphatic imine (C=N–C) groups is 1. The Morgan fingerprint density at radius 3 is 2.18 bits per heavy atom. The van der Waals surface area contributed by atoms with Crippen LogP contribution in [0.2, 0.25) is 0 Å². The molecular weight excluding hydrogens is 424 g/mol. The number of anilines is 1. The first-order chi connectivity index (χ1) is 16.1. The number of hydrogen-bond acceptors (Lipinski definition) is 6. The summed E-state index contributed by atoms with van der Waals surface area (Å²) in [4.78, 5) is 27.1. The highest BCUT2D eigenvalue weighted by Crippen LogP contribution is 2.49. The van der Waals surface area contributed by atoms with Crippen LogP contribution in [0.15, 0.2) is 75.7 Å².